The molecule has 1 amide bonds. The molecule has 1 aromatic heterocycles. The predicted octanol–water partition coefficient (Wildman–Crippen LogP) is 0.902. The Labute approximate surface area is 133 Å². The standard InChI is InChI=1S/C14H12F3N5O2/c1-21-12(14(15,16)17)20-22(13(21)24)7-6-19-11(23)10-4-2-9(8-18)3-5-10/h2-5H,6-7H2,1H3,(H,19,23). The molecule has 0 saturated carbocycles. The number of aromatic nitrogens is 3. The topological polar surface area (TPSA) is 92.7 Å². The van der Waals surface area contributed by atoms with Crippen LogP contribution in [0.5, 0.6) is 0 Å². The van der Waals surface area contributed by atoms with Gasteiger partial charge < -0.3 is 5.32 Å². The first kappa shape index (κ1) is 17.3. The van der Waals surface area contributed by atoms with Crippen molar-refractivity contribution in [2.75, 3.05) is 6.54 Å². The second kappa shape index (κ2) is 6.57. The van der Waals surface area contributed by atoms with Crippen molar-refractivity contribution in [3.63, 3.8) is 0 Å². The Morgan fingerprint density at radius 2 is 1.96 bits per heavy atom. The third kappa shape index (κ3) is 3.62. The molecule has 0 radical (unpaired) electrons. The van der Waals surface area contributed by atoms with Crippen LogP contribution in [0.1, 0.15) is 21.7 Å². The van der Waals surface area contributed by atoms with Gasteiger partial charge in [-0.25, -0.2) is 9.48 Å². The lowest BCUT2D eigenvalue weighted by Gasteiger charge is -2.05. The van der Waals surface area contributed by atoms with Crippen molar-refractivity contribution in [3.8, 4) is 6.07 Å². The van der Waals surface area contributed by atoms with Crippen LogP contribution >= 0.6 is 0 Å². The summed E-state index contributed by atoms with van der Waals surface area (Å²) in [6, 6.07) is 7.74. The molecule has 1 N–H and O–H groups in total. The van der Waals surface area contributed by atoms with Crippen molar-refractivity contribution in [1.29, 1.82) is 5.26 Å². The van der Waals surface area contributed by atoms with Gasteiger partial charge in [0.05, 0.1) is 18.2 Å². The first-order valence-corrected chi connectivity index (χ1v) is 6.73. The van der Waals surface area contributed by atoms with E-state index in [0.29, 0.717) is 20.4 Å². The van der Waals surface area contributed by atoms with Crippen LogP contribution in [0.15, 0.2) is 29.1 Å². The SMILES string of the molecule is Cn1c(C(F)(F)F)nn(CCNC(=O)c2ccc(C#N)cc2)c1=O. The molecule has 0 aliphatic heterocycles. The Hall–Kier alpha value is -3.09. The van der Waals surface area contributed by atoms with Crippen molar-refractivity contribution in [1.82, 2.24) is 19.7 Å². The molecule has 7 nitrogen and oxygen atoms in total. The number of amides is 1. The van der Waals surface area contributed by atoms with Crippen molar-refractivity contribution in [2.45, 2.75) is 12.7 Å². The van der Waals surface area contributed by atoms with Gasteiger partial charge in [0.2, 0.25) is 5.82 Å². The van der Waals surface area contributed by atoms with E-state index in [-0.39, 0.29) is 13.1 Å². The van der Waals surface area contributed by atoms with Crippen LogP contribution in [0.3, 0.4) is 0 Å². The van der Waals surface area contributed by atoms with Gasteiger partial charge >= 0.3 is 11.9 Å². The highest BCUT2D eigenvalue weighted by atomic mass is 19.4. The fourth-order valence-electron chi connectivity index (χ4n) is 1.95. The van der Waals surface area contributed by atoms with E-state index in [0.717, 1.165) is 7.05 Å². The fraction of sp³-hybridized carbons (Fsp3) is 0.286. The summed E-state index contributed by atoms with van der Waals surface area (Å²) in [6.45, 7) is -0.280. The van der Waals surface area contributed by atoms with Gasteiger partial charge in [0, 0.05) is 19.2 Å². The summed E-state index contributed by atoms with van der Waals surface area (Å²) in [7, 11) is 0.976. The highest BCUT2D eigenvalue weighted by Gasteiger charge is 2.37. The number of hydrogen-bond donors (Lipinski definition) is 1. The number of benzene rings is 1. The maximum atomic E-state index is 12.6. The van der Waals surface area contributed by atoms with E-state index in [1.165, 1.54) is 24.3 Å². The first-order chi connectivity index (χ1) is 11.2. The molecule has 2 aromatic rings. The van der Waals surface area contributed by atoms with Gasteiger partial charge in [-0.15, -0.1) is 5.10 Å². The van der Waals surface area contributed by atoms with E-state index in [9.17, 15) is 22.8 Å². The molecule has 1 heterocycles. The maximum absolute atomic E-state index is 12.6. The molecular weight excluding hydrogens is 327 g/mol. The van der Waals surface area contributed by atoms with Crippen LogP contribution < -0.4 is 11.0 Å². The number of rotatable bonds is 4. The summed E-state index contributed by atoms with van der Waals surface area (Å²) >= 11 is 0. The van der Waals surface area contributed by atoms with E-state index in [2.05, 4.69) is 10.4 Å². The number of carbonyl (C=O) groups is 1. The Balaban J connectivity index is 2.00. The van der Waals surface area contributed by atoms with Gasteiger partial charge in [0.15, 0.2) is 0 Å². The molecule has 126 valence electrons. The van der Waals surface area contributed by atoms with Gasteiger partial charge in [-0.3, -0.25) is 9.36 Å². The maximum Gasteiger partial charge on any atom is 0.451 e. The molecule has 0 aliphatic rings. The summed E-state index contributed by atoms with van der Waals surface area (Å²) in [5.41, 5.74) is -0.237. The molecule has 0 aliphatic carbocycles. The number of nitrogens with one attached hydrogen (secondary N) is 1. The highest BCUT2D eigenvalue weighted by Crippen LogP contribution is 2.25. The minimum atomic E-state index is -4.73. The lowest BCUT2D eigenvalue weighted by molar-refractivity contribution is -0.147. The summed E-state index contributed by atoms with van der Waals surface area (Å²) in [5, 5.41) is 14.4. The summed E-state index contributed by atoms with van der Waals surface area (Å²) in [4.78, 5) is 23.5. The largest absolute Gasteiger partial charge is 0.451 e. The Morgan fingerprint density at radius 1 is 1.33 bits per heavy atom. The normalized spacial score (nSPS) is 11.1. The number of nitrogens with zero attached hydrogens (tertiary/aromatic N) is 4. The van der Waals surface area contributed by atoms with Crippen LogP contribution in [0.4, 0.5) is 13.2 Å². The quantitative estimate of drug-likeness (QED) is 0.896. The van der Waals surface area contributed by atoms with E-state index >= 15 is 0 Å². The molecule has 0 spiro atoms. The molecule has 0 saturated heterocycles. The van der Waals surface area contributed by atoms with Crippen LogP contribution in [0, 0.1) is 11.3 Å². The van der Waals surface area contributed by atoms with E-state index in [1.54, 1.807) is 0 Å². The Kier molecular flexibility index (Phi) is 4.73. The van der Waals surface area contributed by atoms with Crippen LogP contribution in [-0.2, 0) is 19.8 Å². The van der Waals surface area contributed by atoms with Crippen LogP contribution in [0.2, 0.25) is 0 Å². The molecule has 24 heavy (non-hydrogen) atoms. The summed E-state index contributed by atoms with van der Waals surface area (Å²) < 4.78 is 39.0. The monoisotopic (exact) mass is 339 g/mol. The predicted molar refractivity (Wildman–Crippen MR) is 76.0 cm³/mol. The second-order valence-electron chi connectivity index (χ2n) is 4.83. The summed E-state index contributed by atoms with van der Waals surface area (Å²) in [6.07, 6.45) is -4.73. The van der Waals surface area contributed by atoms with Crippen molar-refractivity contribution < 1.29 is 18.0 Å². The van der Waals surface area contributed by atoms with Crippen LogP contribution in [0.25, 0.3) is 0 Å². The lowest BCUT2D eigenvalue weighted by Crippen LogP contribution is -2.31. The fourth-order valence-corrected chi connectivity index (χ4v) is 1.95. The third-order valence-corrected chi connectivity index (χ3v) is 3.18. The first-order valence-electron chi connectivity index (χ1n) is 6.73. The molecule has 0 fully saturated rings. The van der Waals surface area contributed by atoms with Crippen molar-refractivity contribution >= 4 is 5.91 Å². The number of hydrogen-bond acceptors (Lipinski definition) is 4. The van der Waals surface area contributed by atoms with Gasteiger partial charge in [0.25, 0.3) is 5.91 Å². The number of carbonyl (C=O) groups excluding carboxylic acids is 1. The third-order valence-electron chi connectivity index (χ3n) is 3.18. The molecule has 0 bridgehead atoms. The molecule has 10 heteroatoms. The van der Waals surface area contributed by atoms with Gasteiger partial charge in [-0.1, -0.05) is 0 Å². The zero-order chi connectivity index (χ0) is 17.9. The van der Waals surface area contributed by atoms with E-state index < -0.39 is 23.6 Å². The lowest BCUT2D eigenvalue weighted by atomic mass is 10.1. The molecule has 2 rings (SSSR count). The number of alkyl halides is 3. The van der Waals surface area contributed by atoms with Crippen molar-refractivity contribution in [3.05, 3.63) is 51.7 Å². The minimum absolute atomic E-state index is 0.0763. The zero-order valence-electron chi connectivity index (χ0n) is 12.5. The zero-order valence-corrected chi connectivity index (χ0v) is 12.5. The summed E-state index contributed by atoms with van der Waals surface area (Å²) in [5.74, 6) is -1.77. The number of halogens is 3. The average Bonchev–Trinajstić information content (AvgIpc) is 2.83. The molecule has 0 atom stereocenters. The Morgan fingerprint density at radius 3 is 2.46 bits per heavy atom. The molecule has 1 aromatic carbocycles. The van der Waals surface area contributed by atoms with Gasteiger partial charge in [0.1, 0.15) is 0 Å². The highest BCUT2D eigenvalue weighted by molar-refractivity contribution is 5.94. The van der Waals surface area contributed by atoms with E-state index in [1.807, 2.05) is 6.07 Å². The van der Waals surface area contributed by atoms with Gasteiger partial charge in [-0.05, 0) is 24.3 Å². The van der Waals surface area contributed by atoms with E-state index in [4.69, 9.17) is 5.26 Å². The minimum Gasteiger partial charge on any atom is -0.350 e. The molecule has 0 unspecified atom stereocenters. The average molecular weight is 339 g/mol. The van der Waals surface area contributed by atoms with Crippen LogP contribution in [-0.4, -0.2) is 26.8 Å². The molecular formula is C14H12F3N5O2. The smallest absolute Gasteiger partial charge is 0.350 e. The number of nitriles is 1. The second-order valence-corrected chi connectivity index (χ2v) is 4.83. The van der Waals surface area contributed by atoms with Crippen molar-refractivity contribution in [2.24, 2.45) is 7.05 Å². The van der Waals surface area contributed by atoms with Gasteiger partial charge in [-0.2, -0.15) is 18.4 Å². The Bertz CT molecular complexity index is 843.